The zero-order valence-electron chi connectivity index (χ0n) is 35.6. The fraction of sp³-hybridized carbons (Fsp3) is 1.00. The molecular weight excluding hydrogens is 678 g/mol. The van der Waals surface area contributed by atoms with Crippen molar-refractivity contribution in [2.45, 2.75) is 182 Å². The molecule has 0 N–H and O–H groups in total. The third kappa shape index (κ3) is 10.5. The molecule has 0 spiro atoms. The average Bonchev–Trinajstić information content (AvgIpc) is 3.07. The van der Waals surface area contributed by atoms with E-state index < -0.39 is 17.1 Å². The molecule has 0 atom stereocenters. The van der Waals surface area contributed by atoms with E-state index in [1.807, 2.05) is 0 Å². The lowest BCUT2D eigenvalue weighted by Crippen LogP contribution is -2.62. The summed E-state index contributed by atoms with van der Waals surface area (Å²) in [7, 11) is 2.38. The van der Waals surface area contributed by atoms with Crippen LogP contribution in [0.2, 0.25) is 0 Å². The molecule has 0 unspecified atom stereocenters. The van der Waals surface area contributed by atoms with Crippen LogP contribution >= 0.6 is 17.1 Å². The van der Waals surface area contributed by atoms with Crippen LogP contribution in [0.25, 0.3) is 0 Å². The predicted molar refractivity (Wildman–Crippen MR) is 215 cm³/mol. The Hall–Kier alpha value is 0.500. The van der Waals surface area contributed by atoms with Crippen molar-refractivity contribution in [2.75, 3.05) is 66.8 Å². The Bertz CT molecular complexity index is 959. The summed E-state index contributed by atoms with van der Waals surface area (Å²) in [6.45, 7) is 34.3. The van der Waals surface area contributed by atoms with Gasteiger partial charge in [0.25, 0.3) is 17.1 Å². The van der Waals surface area contributed by atoms with Gasteiger partial charge in [0, 0.05) is 58.2 Å². The fourth-order valence-electron chi connectivity index (χ4n) is 8.98. The Kier molecular flexibility index (Phi) is 15.4. The number of hydrogen-bond acceptors (Lipinski definition) is 9. The molecule has 11 heteroatoms. The van der Waals surface area contributed by atoms with Crippen molar-refractivity contribution >= 4 is 17.1 Å². The molecule has 0 radical (unpaired) electrons. The molecule has 0 bridgehead atoms. The average molecular weight is 759 g/mol. The molecule has 4 aliphatic heterocycles. The zero-order chi connectivity index (χ0) is 37.9. The summed E-state index contributed by atoms with van der Waals surface area (Å²) >= 11 is 0. The Balaban J connectivity index is 1.34. The van der Waals surface area contributed by atoms with Gasteiger partial charge in [-0.3, -0.25) is 9.80 Å². The van der Waals surface area contributed by atoms with Crippen LogP contribution in [0.4, 0.5) is 0 Å². The third-order valence-corrected chi connectivity index (χ3v) is 16.8. The lowest BCUT2D eigenvalue weighted by molar-refractivity contribution is -0.0951. The van der Waals surface area contributed by atoms with E-state index >= 15 is 0 Å². The number of likely N-dealkylation sites (tertiary alicyclic amines) is 2. The maximum atomic E-state index is 6.74. The van der Waals surface area contributed by atoms with Crippen LogP contribution in [0.3, 0.4) is 0 Å². The first-order chi connectivity index (χ1) is 23.8. The third-order valence-electron chi connectivity index (χ3n) is 13.6. The maximum absolute atomic E-state index is 6.74. The maximum Gasteiger partial charge on any atom is 0.259 e. The highest BCUT2D eigenvalue weighted by atomic mass is 31.2. The van der Waals surface area contributed by atoms with E-state index in [-0.39, 0.29) is 33.0 Å². The van der Waals surface area contributed by atoms with E-state index in [2.05, 4.69) is 116 Å². The standard InChI is InChI=1S/C40H80N4O5P2/c1-15-19-21-43(33-23-35(5,6)41(13)36(7,8)24-33)50-46-29-39(17-3,30-47-50)27-45-28-40(18-4)31-48-51(49-32-40)44(22-20-16-2)34-25-37(9,10)42(14)38(11,12)26-34/h33-34H,15-32H2,1-14H3. The molecule has 51 heavy (non-hydrogen) atoms. The fourth-order valence-corrected chi connectivity index (χ4v) is 12.7. The molecule has 4 fully saturated rings. The molecule has 0 aromatic rings. The van der Waals surface area contributed by atoms with Crippen LogP contribution in [0.15, 0.2) is 0 Å². The summed E-state index contributed by atoms with van der Waals surface area (Å²) in [5, 5.41) is 0. The predicted octanol–water partition coefficient (Wildman–Crippen LogP) is 9.85. The van der Waals surface area contributed by atoms with E-state index in [0.717, 1.165) is 64.5 Å². The first kappa shape index (κ1) is 44.2. The number of unbranched alkanes of at least 4 members (excludes halogenated alkanes) is 2. The van der Waals surface area contributed by atoms with Crippen LogP contribution in [0.5, 0.6) is 0 Å². The van der Waals surface area contributed by atoms with Gasteiger partial charge in [-0.1, -0.05) is 40.5 Å². The van der Waals surface area contributed by atoms with Crippen molar-refractivity contribution in [1.29, 1.82) is 0 Å². The molecule has 9 nitrogen and oxygen atoms in total. The summed E-state index contributed by atoms with van der Waals surface area (Å²) in [5.41, 5.74) is 0.231. The van der Waals surface area contributed by atoms with Gasteiger partial charge in [-0.25, -0.2) is 9.34 Å². The lowest BCUT2D eigenvalue weighted by Gasteiger charge is -2.56. The molecule has 4 aliphatic rings. The SMILES string of the molecule is CCCCN(C1CC(C)(C)N(C)C(C)(C)C1)P1OCC(CC)(COCC2(CC)COP(N(CCCC)C3CC(C)(C)N(C)C(C)(C)C3)OC2)CO1. The van der Waals surface area contributed by atoms with E-state index in [1.54, 1.807) is 0 Å². The van der Waals surface area contributed by atoms with Crippen LogP contribution in [-0.2, 0) is 22.8 Å². The van der Waals surface area contributed by atoms with Crippen LogP contribution in [0, 0.1) is 10.8 Å². The number of piperidine rings is 2. The lowest BCUT2D eigenvalue weighted by atomic mass is 9.77. The second kappa shape index (κ2) is 17.7. The van der Waals surface area contributed by atoms with Gasteiger partial charge in [0.1, 0.15) is 0 Å². The van der Waals surface area contributed by atoms with E-state index in [0.29, 0.717) is 51.7 Å². The van der Waals surface area contributed by atoms with Gasteiger partial charge in [0.15, 0.2) is 0 Å². The number of ether oxygens (including phenoxy) is 1. The Morgan fingerprint density at radius 2 is 0.843 bits per heavy atom. The minimum Gasteiger partial charge on any atom is -0.380 e. The van der Waals surface area contributed by atoms with Gasteiger partial charge >= 0.3 is 0 Å². The first-order valence-electron chi connectivity index (χ1n) is 20.5. The quantitative estimate of drug-likeness (QED) is 0.143. The number of nitrogens with zero attached hydrogens (tertiary/aromatic N) is 4. The molecule has 4 rings (SSSR count). The van der Waals surface area contributed by atoms with Crippen LogP contribution in [-0.4, -0.2) is 120 Å². The molecule has 4 heterocycles. The van der Waals surface area contributed by atoms with Crippen molar-refractivity contribution in [3.8, 4) is 0 Å². The minimum absolute atomic E-state index is 0.126. The normalized spacial score (nSPS) is 33.6. The minimum atomic E-state index is -1.09. The van der Waals surface area contributed by atoms with Gasteiger partial charge in [-0.05, 0) is 121 Å². The van der Waals surface area contributed by atoms with Crippen molar-refractivity contribution in [3.05, 3.63) is 0 Å². The van der Waals surface area contributed by atoms with Crippen LogP contribution in [0.1, 0.15) is 147 Å². The molecule has 0 saturated carbocycles. The molecule has 0 aromatic carbocycles. The summed E-state index contributed by atoms with van der Waals surface area (Å²) in [5.74, 6) is 0. The van der Waals surface area contributed by atoms with E-state index in [9.17, 15) is 0 Å². The van der Waals surface area contributed by atoms with Crippen molar-refractivity contribution < 1.29 is 22.8 Å². The second-order valence-electron chi connectivity index (χ2n) is 19.3. The molecule has 0 aliphatic carbocycles. The van der Waals surface area contributed by atoms with Crippen molar-refractivity contribution in [3.63, 3.8) is 0 Å². The van der Waals surface area contributed by atoms with E-state index in [1.165, 1.54) is 12.8 Å². The number of hydrogen-bond donors (Lipinski definition) is 0. The highest BCUT2D eigenvalue weighted by Crippen LogP contribution is 2.56. The van der Waals surface area contributed by atoms with Gasteiger partial charge in [-0.2, -0.15) is 0 Å². The van der Waals surface area contributed by atoms with Crippen molar-refractivity contribution in [2.24, 2.45) is 10.8 Å². The summed E-state index contributed by atoms with van der Waals surface area (Å²) in [6.07, 6.45) is 11.1. The topological polar surface area (TPSA) is 59.1 Å². The molecule has 300 valence electrons. The zero-order valence-corrected chi connectivity index (χ0v) is 37.4. The Labute approximate surface area is 317 Å². The summed E-state index contributed by atoms with van der Waals surface area (Å²) in [6, 6.07) is 0.900. The first-order valence-corrected chi connectivity index (χ1v) is 22.8. The number of rotatable bonds is 16. The van der Waals surface area contributed by atoms with Crippen LogP contribution < -0.4 is 0 Å². The summed E-state index contributed by atoms with van der Waals surface area (Å²) < 4.78 is 38.8. The Morgan fingerprint density at radius 1 is 0.549 bits per heavy atom. The highest BCUT2D eigenvalue weighted by molar-refractivity contribution is 7.44. The van der Waals surface area contributed by atoms with E-state index in [4.69, 9.17) is 22.8 Å². The van der Waals surface area contributed by atoms with Gasteiger partial charge in [-0.15, -0.1) is 0 Å². The van der Waals surface area contributed by atoms with Crippen molar-refractivity contribution in [1.82, 2.24) is 19.1 Å². The molecular formula is C40H80N4O5P2. The highest BCUT2D eigenvalue weighted by Gasteiger charge is 2.50. The molecule has 0 aromatic heterocycles. The largest absolute Gasteiger partial charge is 0.380 e. The van der Waals surface area contributed by atoms with Gasteiger partial charge < -0.3 is 22.8 Å². The monoisotopic (exact) mass is 759 g/mol. The Morgan fingerprint density at radius 3 is 1.10 bits per heavy atom. The second-order valence-corrected chi connectivity index (χ2v) is 22.3. The smallest absolute Gasteiger partial charge is 0.259 e. The molecule has 4 saturated heterocycles. The van der Waals surface area contributed by atoms with Gasteiger partial charge in [0.2, 0.25) is 0 Å². The summed E-state index contributed by atoms with van der Waals surface area (Å²) in [4.78, 5) is 5.13. The van der Waals surface area contributed by atoms with Gasteiger partial charge in [0.05, 0.1) is 39.6 Å². The molecule has 0 amide bonds.